The molecule has 26 nitrogen and oxygen atoms in total. The molecule has 15 N–H and O–H groups in total. The Morgan fingerprint density at radius 1 is 0.710 bits per heavy atom. The van der Waals surface area contributed by atoms with Crippen molar-refractivity contribution < 1.29 is 53.4 Å². The highest BCUT2D eigenvalue weighted by Gasteiger charge is 2.33. The zero-order valence-corrected chi connectivity index (χ0v) is 40.0. The van der Waals surface area contributed by atoms with Crippen LogP contribution in [0.15, 0.2) is 28.3 Å². The number of aromatic amines is 1. The maximum absolute atomic E-state index is 14.3. The monoisotopic (exact) mass is 1000 g/mol. The van der Waals surface area contributed by atoms with Gasteiger partial charge in [0.2, 0.25) is 35.4 Å². The highest BCUT2D eigenvalue weighted by molar-refractivity contribution is 7.10. The lowest BCUT2D eigenvalue weighted by atomic mass is 10.0. The predicted octanol–water partition coefficient (Wildman–Crippen LogP) is -2.39. The number of thiazole rings is 2. The van der Waals surface area contributed by atoms with E-state index in [0.29, 0.717) is 17.1 Å². The first-order chi connectivity index (χ1) is 32.7. The first kappa shape index (κ1) is 54.5. The molecule has 4 heterocycles. The Hall–Kier alpha value is -7.07. The summed E-state index contributed by atoms with van der Waals surface area (Å²) in [5, 5.41) is 43.3. The van der Waals surface area contributed by atoms with Crippen molar-refractivity contribution in [1.82, 2.24) is 62.5 Å². The molecule has 0 radical (unpaired) electrons. The number of aliphatic imine (C=N–C) groups is 1. The van der Waals surface area contributed by atoms with Gasteiger partial charge in [0.15, 0.2) is 5.96 Å². The highest BCUT2D eigenvalue weighted by atomic mass is 32.1. The summed E-state index contributed by atoms with van der Waals surface area (Å²) in [6, 6.07) is -7.42. The van der Waals surface area contributed by atoms with E-state index in [-0.39, 0.29) is 66.4 Å². The maximum Gasteiger partial charge on any atom is 0.305 e. The molecule has 2 unspecified atom stereocenters. The molecule has 1 aliphatic heterocycles. The van der Waals surface area contributed by atoms with Gasteiger partial charge in [-0.2, -0.15) is 0 Å². The van der Waals surface area contributed by atoms with Crippen LogP contribution >= 0.6 is 22.7 Å². The fraction of sp³-hybridized carbons (Fsp3) is 0.537. The topological polar surface area (TPSA) is 409 Å². The number of carboxylic acids is 1. The molecule has 376 valence electrons. The van der Waals surface area contributed by atoms with Crippen molar-refractivity contribution in [3.05, 3.63) is 50.4 Å². The van der Waals surface area contributed by atoms with Gasteiger partial charge in [0.05, 0.1) is 38.5 Å². The molecule has 8 amide bonds. The van der Waals surface area contributed by atoms with Gasteiger partial charge in [0.1, 0.15) is 51.6 Å². The summed E-state index contributed by atoms with van der Waals surface area (Å²) in [6.07, 6.45) is 2.42. The number of nitrogens with one attached hydrogen (secondary N) is 9. The number of hydrogen-bond donors (Lipinski definition) is 13. The number of aromatic nitrogens is 4. The molecule has 3 aromatic heterocycles. The molecule has 3 aromatic rings. The lowest BCUT2D eigenvalue weighted by Crippen LogP contribution is -2.58. The third-order valence-corrected chi connectivity index (χ3v) is 11.9. The number of nitrogens with zero attached hydrogens (tertiary/aromatic N) is 4. The molecule has 0 spiro atoms. The molecule has 0 fully saturated rings. The molecular weight excluding hydrogens is 943 g/mol. The number of rotatable bonds is 13. The molecule has 69 heavy (non-hydrogen) atoms. The summed E-state index contributed by atoms with van der Waals surface area (Å²) >= 11 is 2.01. The number of aliphatic carboxylic acids is 1. The first-order valence-electron chi connectivity index (χ1n) is 21.9. The van der Waals surface area contributed by atoms with E-state index in [4.69, 9.17) is 11.5 Å². The Balaban J connectivity index is 1.72. The molecule has 28 heteroatoms. The van der Waals surface area contributed by atoms with E-state index in [2.05, 4.69) is 67.5 Å². The van der Waals surface area contributed by atoms with Crippen LogP contribution in [0.25, 0.3) is 0 Å². The summed E-state index contributed by atoms with van der Waals surface area (Å²) in [5.74, 6) is -8.55. The van der Waals surface area contributed by atoms with Gasteiger partial charge in [0, 0.05) is 35.6 Å². The van der Waals surface area contributed by atoms with Gasteiger partial charge in [-0.05, 0) is 37.5 Å². The maximum atomic E-state index is 14.3. The highest BCUT2D eigenvalue weighted by Crippen LogP contribution is 2.26. The normalized spacial score (nSPS) is 22.0. The van der Waals surface area contributed by atoms with E-state index >= 15 is 0 Å². The van der Waals surface area contributed by atoms with E-state index in [9.17, 15) is 53.4 Å². The van der Waals surface area contributed by atoms with Gasteiger partial charge < -0.3 is 69.2 Å². The first-order valence-corrected chi connectivity index (χ1v) is 23.6. The number of aliphatic hydroxyl groups is 1. The number of guanidine groups is 1. The molecular formula is C41H59N15O11S2. The number of hydrogen-bond acceptors (Lipinski definition) is 16. The van der Waals surface area contributed by atoms with Gasteiger partial charge >= 0.3 is 5.97 Å². The van der Waals surface area contributed by atoms with Crippen molar-refractivity contribution in [1.29, 1.82) is 0 Å². The molecule has 0 saturated heterocycles. The Morgan fingerprint density at radius 2 is 1.26 bits per heavy atom. The molecule has 1 aliphatic rings. The Labute approximate surface area is 403 Å². The molecule has 0 aliphatic carbocycles. The smallest absolute Gasteiger partial charge is 0.305 e. The second-order valence-corrected chi connectivity index (χ2v) is 18.5. The number of carbonyl (C=O) groups is 9. The largest absolute Gasteiger partial charge is 0.481 e. The minimum absolute atomic E-state index is 0.00272. The van der Waals surface area contributed by atoms with Crippen molar-refractivity contribution in [2.45, 2.75) is 102 Å². The third kappa shape index (κ3) is 17.8. The number of H-pyrrole nitrogens is 1. The van der Waals surface area contributed by atoms with Gasteiger partial charge in [-0.3, -0.25) is 48.1 Å². The van der Waals surface area contributed by atoms with Gasteiger partial charge in [-0.25, -0.2) is 15.0 Å². The van der Waals surface area contributed by atoms with E-state index < -0.39 is 116 Å². The van der Waals surface area contributed by atoms with Crippen LogP contribution < -0.4 is 54.0 Å². The van der Waals surface area contributed by atoms with Gasteiger partial charge in [-0.15, -0.1) is 22.7 Å². The standard InChI is InChI=1S/C41H59N15O11S2/c1-19(2)8-23-36(65)52-24(10-21-12-44-18-48-21)37(66)51-22(6-5-7-45-41(42)43)35(64)53-26(9-20(3)4)39-56-29(17-68-39)38(67)54-27(15-57)40-55-28(16-69-40)34(63)47-14-31(59)50-25(11-32(60)61)33(62)46-13-30(58)49-23/h12,16-20,22-27,57H,5-11,13-15H2,1-4H3,(H,44,48)(H,46,62)(H,47,63)(H,49,58)(H,50,59)(H,51,66)(H,52,65)(H,53,64)(H,54,67)(H,60,61)(H4,42,43,45)/t22-,23-,24-,25-,26?,27?/m0/s1. The second-order valence-electron chi connectivity index (χ2n) is 16.8. The number of nitrogens with two attached hydrogens (primary N) is 2. The summed E-state index contributed by atoms with van der Waals surface area (Å²) in [4.78, 5) is 140. The van der Waals surface area contributed by atoms with E-state index in [1.165, 1.54) is 23.3 Å². The number of amides is 8. The Kier molecular flexibility index (Phi) is 20.9. The van der Waals surface area contributed by atoms with Crippen LogP contribution in [0.3, 0.4) is 0 Å². The van der Waals surface area contributed by atoms with Crippen molar-refractivity contribution in [3.8, 4) is 0 Å². The van der Waals surface area contributed by atoms with E-state index in [1.54, 1.807) is 13.8 Å². The molecule has 0 aromatic carbocycles. The number of carboxylic acid groups (broad SMARTS) is 1. The molecule has 4 bridgehead atoms. The quantitative estimate of drug-likeness (QED) is 0.0482. The van der Waals surface area contributed by atoms with Crippen LogP contribution in [-0.2, 0) is 40.0 Å². The number of carbonyl (C=O) groups excluding carboxylic acids is 8. The fourth-order valence-electron chi connectivity index (χ4n) is 6.75. The lowest BCUT2D eigenvalue weighted by molar-refractivity contribution is -0.140. The van der Waals surface area contributed by atoms with Crippen LogP contribution in [-0.4, -0.2) is 140 Å². The number of fused-ring (bicyclic) bond motifs is 4. The Bertz CT molecular complexity index is 2310. The Morgan fingerprint density at radius 3 is 1.86 bits per heavy atom. The summed E-state index contributed by atoms with van der Waals surface area (Å²) < 4.78 is 0. The van der Waals surface area contributed by atoms with E-state index in [0.717, 1.165) is 22.7 Å². The number of imidazole rings is 1. The average Bonchev–Trinajstić information content (AvgIpc) is 4.09. The zero-order chi connectivity index (χ0) is 50.8. The molecule has 4 rings (SSSR count). The predicted molar refractivity (Wildman–Crippen MR) is 249 cm³/mol. The lowest BCUT2D eigenvalue weighted by Gasteiger charge is -2.27. The molecule has 6 atom stereocenters. The van der Waals surface area contributed by atoms with Crippen molar-refractivity contribution in [2.24, 2.45) is 28.3 Å². The van der Waals surface area contributed by atoms with Crippen LogP contribution in [0.1, 0.15) is 109 Å². The summed E-state index contributed by atoms with van der Waals surface area (Å²) in [6.45, 7) is 5.36. The SMILES string of the molecule is CC(C)CC1NC(=O)[C@H](CCCN=C(N)N)NC(=O)[C@H](Cc2cnc[nH]2)NC(=O)[C@H](CC(C)C)NC(=O)CNC(=O)[C@H](CC(=O)O)NC(=O)CNC(=O)c2csc(n2)C(CO)NC(=O)c2csc1n2. The van der Waals surface area contributed by atoms with Crippen LogP contribution in [0, 0.1) is 11.8 Å². The minimum Gasteiger partial charge on any atom is -0.481 e. The van der Waals surface area contributed by atoms with Crippen molar-refractivity contribution in [3.63, 3.8) is 0 Å². The van der Waals surface area contributed by atoms with Crippen molar-refractivity contribution >= 4 is 81.9 Å². The van der Waals surface area contributed by atoms with E-state index in [1.807, 2.05) is 13.8 Å². The second kappa shape index (κ2) is 26.5. The summed E-state index contributed by atoms with van der Waals surface area (Å²) in [5.41, 5.74) is 11.2. The third-order valence-electron chi connectivity index (χ3n) is 10.0. The van der Waals surface area contributed by atoms with Crippen molar-refractivity contribution in [2.75, 3.05) is 26.2 Å². The van der Waals surface area contributed by atoms with Crippen LogP contribution in [0.2, 0.25) is 0 Å². The molecule has 0 saturated carbocycles. The summed E-state index contributed by atoms with van der Waals surface area (Å²) in [7, 11) is 0. The average molecular weight is 1000 g/mol. The minimum atomic E-state index is -1.70. The van der Waals surface area contributed by atoms with Crippen LogP contribution in [0.5, 0.6) is 0 Å². The van der Waals surface area contributed by atoms with Crippen LogP contribution in [0.4, 0.5) is 0 Å². The van der Waals surface area contributed by atoms with Gasteiger partial charge in [0.25, 0.3) is 11.8 Å². The number of aliphatic hydroxyl groups excluding tert-OH is 1. The fourth-order valence-corrected chi connectivity index (χ4v) is 8.45. The zero-order valence-electron chi connectivity index (χ0n) is 38.3. The van der Waals surface area contributed by atoms with Gasteiger partial charge in [-0.1, -0.05) is 27.7 Å².